The fourth-order valence-electron chi connectivity index (χ4n) is 3.77. The van der Waals surface area contributed by atoms with Crippen LogP contribution in [0.4, 0.5) is 0 Å². The highest BCUT2D eigenvalue weighted by atomic mass is 35.5. The van der Waals surface area contributed by atoms with E-state index in [0.717, 1.165) is 21.9 Å². The third-order valence-corrected chi connectivity index (χ3v) is 6.42. The highest BCUT2D eigenvalue weighted by Crippen LogP contribution is 2.25. The molecule has 6 heteroatoms. The van der Waals surface area contributed by atoms with Crippen LogP contribution in [0.3, 0.4) is 0 Å². The van der Waals surface area contributed by atoms with Crippen molar-refractivity contribution in [2.75, 3.05) is 6.54 Å². The second kappa shape index (κ2) is 11.5. The van der Waals surface area contributed by atoms with Gasteiger partial charge in [0.05, 0.1) is 10.0 Å². The summed E-state index contributed by atoms with van der Waals surface area (Å²) in [4.78, 5) is 27.8. The lowest BCUT2D eigenvalue weighted by Crippen LogP contribution is -2.48. The molecule has 0 saturated heterocycles. The number of nitrogens with one attached hydrogen (secondary N) is 1. The number of carbonyl (C=O) groups is 2. The summed E-state index contributed by atoms with van der Waals surface area (Å²) >= 11 is 12.2. The first-order valence-electron chi connectivity index (χ1n) is 11.2. The van der Waals surface area contributed by atoms with E-state index >= 15 is 0 Å². The number of fused-ring (bicyclic) bond motifs is 1. The van der Waals surface area contributed by atoms with E-state index < -0.39 is 6.04 Å². The topological polar surface area (TPSA) is 49.4 Å². The summed E-state index contributed by atoms with van der Waals surface area (Å²) in [5.74, 6) is 0.0789. The molecule has 0 saturated carbocycles. The van der Waals surface area contributed by atoms with Gasteiger partial charge in [-0.3, -0.25) is 9.59 Å². The van der Waals surface area contributed by atoms with Gasteiger partial charge >= 0.3 is 0 Å². The summed E-state index contributed by atoms with van der Waals surface area (Å²) in [7, 11) is 0. The van der Waals surface area contributed by atoms with Gasteiger partial charge in [-0.1, -0.05) is 85.6 Å². The Labute approximate surface area is 205 Å². The van der Waals surface area contributed by atoms with Crippen LogP contribution >= 0.6 is 23.2 Å². The molecule has 174 valence electrons. The van der Waals surface area contributed by atoms with Gasteiger partial charge in [0.15, 0.2) is 0 Å². The minimum Gasteiger partial charge on any atom is -0.354 e. The highest BCUT2D eigenvalue weighted by Gasteiger charge is 2.26. The SMILES string of the molecule is CC(C)CNC(=O)C(C)N(Cc1ccc(Cl)c(Cl)c1)C(=O)CCc1cccc2ccccc12. The third kappa shape index (κ3) is 6.72. The van der Waals surface area contributed by atoms with E-state index in [4.69, 9.17) is 23.2 Å². The highest BCUT2D eigenvalue weighted by molar-refractivity contribution is 6.42. The number of hydrogen-bond acceptors (Lipinski definition) is 2. The molecule has 0 aromatic heterocycles. The maximum atomic E-state index is 13.4. The second-order valence-electron chi connectivity index (χ2n) is 8.72. The van der Waals surface area contributed by atoms with E-state index in [1.807, 2.05) is 38.1 Å². The first-order chi connectivity index (χ1) is 15.8. The Morgan fingerprint density at radius 3 is 2.39 bits per heavy atom. The van der Waals surface area contributed by atoms with E-state index in [9.17, 15) is 9.59 Å². The molecule has 1 atom stereocenters. The van der Waals surface area contributed by atoms with Crippen molar-refractivity contribution < 1.29 is 9.59 Å². The fourth-order valence-corrected chi connectivity index (χ4v) is 4.09. The standard InChI is InChI=1S/C27H30Cl2N2O2/c1-18(2)16-30-27(33)19(3)31(17-20-11-13-24(28)25(29)15-20)26(32)14-12-22-9-6-8-21-7-4-5-10-23(21)22/h4-11,13,15,18-19H,12,14,16-17H2,1-3H3,(H,30,33). The summed E-state index contributed by atoms with van der Waals surface area (Å²) in [5, 5.41) is 6.12. The van der Waals surface area contributed by atoms with Gasteiger partial charge in [-0.25, -0.2) is 0 Å². The van der Waals surface area contributed by atoms with Crippen molar-refractivity contribution >= 4 is 45.8 Å². The van der Waals surface area contributed by atoms with Crippen LogP contribution in [0.15, 0.2) is 60.7 Å². The average Bonchev–Trinajstić information content (AvgIpc) is 2.81. The van der Waals surface area contributed by atoms with Gasteiger partial charge in [-0.05, 0) is 53.3 Å². The number of carbonyl (C=O) groups excluding carboxylic acids is 2. The maximum absolute atomic E-state index is 13.4. The Balaban J connectivity index is 1.79. The van der Waals surface area contributed by atoms with E-state index in [-0.39, 0.29) is 18.4 Å². The fraction of sp³-hybridized carbons (Fsp3) is 0.333. The molecule has 0 bridgehead atoms. The summed E-state index contributed by atoms with van der Waals surface area (Å²) in [6.45, 7) is 6.68. The lowest BCUT2D eigenvalue weighted by molar-refractivity contribution is -0.140. The predicted octanol–water partition coefficient (Wildman–Crippen LogP) is 6.27. The zero-order chi connectivity index (χ0) is 24.0. The molecular weight excluding hydrogens is 455 g/mol. The maximum Gasteiger partial charge on any atom is 0.242 e. The molecule has 3 aromatic rings. The molecule has 4 nitrogen and oxygen atoms in total. The van der Waals surface area contributed by atoms with Gasteiger partial charge in [0.25, 0.3) is 0 Å². The van der Waals surface area contributed by atoms with Gasteiger partial charge in [-0.15, -0.1) is 0 Å². The average molecular weight is 485 g/mol. The molecule has 0 fully saturated rings. The number of hydrogen-bond donors (Lipinski definition) is 1. The molecule has 33 heavy (non-hydrogen) atoms. The lowest BCUT2D eigenvalue weighted by Gasteiger charge is -2.29. The van der Waals surface area contributed by atoms with E-state index in [2.05, 4.69) is 29.6 Å². The Morgan fingerprint density at radius 1 is 0.939 bits per heavy atom. The Kier molecular flexibility index (Phi) is 8.76. The van der Waals surface area contributed by atoms with Gasteiger partial charge in [0.2, 0.25) is 11.8 Å². The van der Waals surface area contributed by atoms with Gasteiger partial charge in [-0.2, -0.15) is 0 Å². The first kappa shape index (κ1) is 25.1. The minimum atomic E-state index is -0.613. The van der Waals surface area contributed by atoms with Crippen molar-refractivity contribution in [3.63, 3.8) is 0 Å². The molecule has 0 aliphatic carbocycles. The van der Waals surface area contributed by atoms with E-state index in [1.165, 1.54) is 0 Å². The summed E-state index contributed by atoms with van der Waals surface area (Å²) in [5.41, 5.74) is 1.94. The molecule has 0 aliphatic heterocycles. The summed E-state index contributed by atoms with van der Waals surface area (Å²) in [6, 6.07) is 19.0. The largest absolute Gasteiger partial charge is 0.354 e. The van der Waals surface area contributed by atoms with Crippen LogP contribution in [0.1, 0.15) is 38.3 Å². The van der Waals surface area contributed by atoms with Crippen molar-refractivity contribution in [1.82, 2.24) is 10.2 Å². The zero-order valence-electron chi connectivity index (χ0n) is 19.3. The van der Waals surface area contributed by atoms with E-state index in [1.54, 1.807) is 24.0 Å². The van der Waals surface area contributed by atoms with Gasteiger partial charge in [0, 0.05) is 19.5 Å². The van der Waals surface area contributed by atoms with Crippen LogP contribution in [0, 0.1) is 5.92 Å². The number of nitrogens with zero attached hydrogens (tertiary/aromatic N) is 1. The summed E-state index contributed by atoms with van der Waals surface area (Å²) in [6.07, 6.45) is 0.898. The molecule has 0 heterocycles. The Morgan fingerprint density at radius 2 is 1.67 bits per heavy atom. The van der Waals surface area contributed by atoms with Crippen LogP contribution in [0.5, 0.6) is 0 Å². The monoisotopic (exact) mass is 484 g/mol. The van der Waals surface area contributed by atoms with Crippen molar-refractivity contribution in [3.8, 4) is 0 Å². The number of aryl methyl sites for hydroxylation is 1. The normalized spacial score (nSPS) is 12.1. The minimum absolute atomic E-state index is 0.0822. The molecule has 0 aliphatic rings. The van der Waals surface area contributed by atoms with Crippen molar-refractivity contribution in [3.05, 3.63) is 81.8 Å². The zero-order valence-corrected chi connectivity index (χ0v) is 20.8. The van der Waals surface area contributed by atoms with Crippen LogP contribution in [-0.4, -0.2) is 29.3 Å². The van der Waals surface area contributed by atoms with Crippen molar-refractivity contribution in [2.24, 2.45) is 5.92 Å². The molecule has 2 amide bonds. The van der Waals surface area contributed by atoms with Gasteiger partial charge in [0.1, 0.15) is 6.04 Å². The van der Waals surface area contributed by atoms with Crippen LogP contribution in [0.25, 0.3) is 10.8 Å². The molecule has 0 radical (unpaired) electrons. The second-order valence-corrected chi connectivity index (χ2v) is 9.54. The van der Waals surface area contributed by atoms with Crippen molar-refractivity contribution in [1.29, 1.82) is 0 Å². The predicted molar refractivity (Wildman–Crippen MR) is 137 cm³/mol. The quantitative estimate of drug-likeness (QED) is 0.389. The molecule has 3 rings (SSSR count). The van der Waals surface area contributed by atoms with Crippen molar-refractivity contribution in [2.45, 2.75) is 46.2 Å². The number of benzene rings is 3. The van der Waals surface area contributed by atoms with Gasteiger partial charge < -0.3 is 10.2 Å². The van der Waals surface area contributed by atoms with Crippen LogP contribution in [0.2, 0.25) is 10.0 Å². The number of halogens is 2. The molecule has 3 aromatic carbocycles. The smallest absolute Gasteiger partial charge is 0.242 e. The van der Waals surface area contributed by atoms with Crippen LogP contribution < -0.4 is 5.32 Å². The molecule has 1 N–H and O–H groups in total. The molecule has 1 unspecified atom stereocenters. The third-order valence-electron chi connectivity index (χ3n) is 5.68. The first-order valence-corrected chi connectivity index (χ1v) is 12.0. The molecular formula is C27H30Cl2N2O2. The number of amides is 2. The summed E-state index contributed by atoms with van der Waals surface area (Å²) < 4.78 is 0. The Hall–Kier alpha value is -2.56. The number of rotatable bonds is 9. The van der Waals surface area contributed by atoms with E-state index in [0.29, 0.717) is 35.3 Å². The lowest BCUT2D eigenvalue weighted by atomic mass is 10.0. The molecule has 0 spiro atoms. The van der Waals surface area contributed by atoms with Crippen LogP contribution in [-0.2, 0) is 22.6 Å². The Bertz CT molecular complexity index is 1120.